The number of rotatable bonds is 5. The van der Waals surface area contributed by atoms with Crippen molar-refractivity contribution < 1.29 is 0 Å². The van der Waals surface area contributed by atoms with Crippen molar-refractivity contribution in [1.82, 2.24) is 4.98 Å². The number of hydrogen-bond acceptors (Lipinski definition) is 4. The van der Waals surface area contributed by atoms with Gasteiger partial charge in [0.2, 0.25) is 0 Å². The smallest absolute Gasteiger partial charge is 0.0550 e. The normalized spacial score (nSPS) is 10.2. The second kappa shape index (κ2) is 5.68. The molecule has 0 fully saturated rings. The van der Waals surface area contributed by atoms with Crippen LogP contribution in [0.2, 0.25) is 0 Å². The molecule has 2 N–H and O–H groups in total. The van der Waals surface area contributed by atoms with Crippen molar-refractivity contribution in [3.63, 3.8) is 0 Å². The van der Waals surface area contributed by atoms with E-state index in [0.717, 1.165) is 24.5 Å². The van der Waals surface area contributed by atoms with Gasteiger partial charge >= 0.3 is 0 Å². The fourth-order valence-corrected chi connectivity index (χ4v) is 2.44. The summed E-state index contributed by atoms with van der Waals surface area (Å²) < 4.78 is 0. The van der Waals surface area contributed by atoms with Crippen molar-refractivity contribution in [1.29, 1.82) is 0 Å². The standard InChI is InChI=1S/C13H17N3S/c1-3-15-11-6-12(8-14-7-11)16-9-13-5-4-10(2)17-13/h4-8,15-16H,3,9H2,1-2H3. The van der Waals surface area contributed by atoms with E-state index < -0.39 is 0 Å². The second-order valence-electron chi connectivity index (χ2n) is 3.86. The third-order valence-corrected chi connectivity index (χ3v) is 3.38. The molecule has 0 aromatic carbocycles. The van der Waals surface area contributed by atoms with Gasteiger partial charge in [-0.25, -0.2) is 0 Å². The van der Waals surface area contributed by atoms with Gasteiger partial charge in [-0.1, -0.05) is 0 Å². The molecule has 2 rings (SSSR count). The van der Waals surface area contributed by atoms with Gasteiger partial charge in [-0.2, -0.15) is 0 Å². The Balaban J connectivity index is 1.96. The van der Waals surface area contributed by atoms with Gasteiger partial charge in [-0.15, -0.1) is 11.3 Å². The van der Waals surface area contributed by atoms with Crippen molar-refractivity contribution in [3.05, 3.63) is 40.3 Å². The molecule has 0 saturated carbocycles. The first-order valence-electron chi connectivity index (χ1n) is 5.76. The minimum atomic E-state index is 0.857. The lowest BCUT2D eigenvalue weighted by Crippen LogP contribution is -2.01. The summed E-state index contributed by atoms with van der Waals surface area (Å²) in [5, 5.41) is 6.63. The number of aryl methyl sites for hydroxylation is 1. The average Bonchev–Trinajstić information content (AvgIpc) is 2.74. The summed E-state index contributed by atoms with van der Waals surface area (Å²) >= 11 is 1.82. The Morgan fingerprint density at radius 3 is 2.59 bits per heavy atom. The molecular weight excluding hydrogens is 230 g/mol. The van der Waals surface area contributed by atoms with Gasteiger partial charge in [0, 0.05) is 22.8 Å². The zero-order chi connectivity index (χ0) is 12.1. The van der Waals surface area contributed by atoms with E-state index in [2.05, 4.69) is 47.7 Å². The lowest BCUT2D eigenvalue weighted by Gasteiger charge is -2.07. The van der Waals surface area contributed by atoms with Gasteiger partial charge in [0.25, 0.3) is 0 Å². The molecule has 0 unspecified atom stereocenters. The maximum Gasteiger partial charge on any atom is 0.0550 e. The van der Waals surface area contributed by atoms with Crippen LogP contribution in [0.4, 0.5) is 11.4 Å². The molecule has 3 nitrogen and oxygen atoms in total. The van der Waals surface area contributed by atoms with Gasteiger partial charge in [-0.05, 0) is 32.0 Å². The molecule has 0 atom stereocenters. The topological polar surface area (TPSA) is 37.0 Å². The quantitative estimate of drug-likeness (QED) is 0.849. The first-order valence-corrected chi connectivity index (χ1v) is 6.57. The number of anilines is 2. The molecular formula is C13H17N3S. The summed E-state index contributed by atoms with van der Waals surface area (Å²) in [6, 6.07) is 6.39. The lowest BCUT2D eigenvalue weighted by molar-refractivity contribution is 1.16. The third kappa shape index (κ3) is 3.46. The summed E-state index contributed by atoms with van der Waals surface area (Å²) in [5.74, 6) is 0. The Kier molecular flexibility index (Phi) is 3.98. The molecule has 0 aliphatic heterocycles. The first kappa shape index (κ1) is 11.9. The van der Waals surface area contributed by atoms with Crippen molar-refractivity contribution >= 4 is 22.7 Å². The van der Waals surface area contributed by atoms with Crippen molar-refractivity contribution in [2.45, 2.75) is 20.4 Å². The molecule has 0 saturated heterocycles. The molecule has 0 radical (unpaired) electrons. The van der Waals surface area contributed by atoms with E-state index in [0.29, 0.717) is 0 Å². The highest BCUT2D eigenvalue weighted by Gasteiger charge is 1.98. The van der Waals surface area contributed by atoms with Gasteiger partial charge < -0.3 is 10.6 Å². The fourth-order valence-electron chi connectivity index (χ4n) is 1.61. The van der Waals surface area contributed by atoms with Crippen LogP contribution in [0.5, 0.6) is 0 Å². The molecule has 2 aromatic heterocycles. The molecule has 17 heavy (non-hydrogen) atoms. The number of thiophene rings is 1. The number of nitrogens with one attached hydrogen (secondary N) is 2. The SMILES string of the molecule is CCNc1cncc(NCc2ccc(C)s2)c1. The van der Waals surface area contributed by atoms with Crippen LogP contribution in [-0.2, 0) is 6.54 Å². The van der Waals surface area contributed by atoms with E-state index >= 15 is 0 Å². The zero-order valence-electron chi connectivity index (χ0n) is 10.2. The largest absolute Gasteiger partial charge is 0.384 e. The van der Waals surface area contributed by atoms with Crippen LogP contribution in [0.15, 0.2) is 30.6 Å². The van der Waals surface area contributed by atoms with Crippen LogP contribution in [0.1, 0.15) is 16.7 Å². The molecule has 0 bridgehead atoms. The number of hydrogen-bond donors (Lipinski definition) is 2. The molecule has 0 aliphatic rings. The number of pyridine rings is 1. The summed E-state index contributed by atoms with van der Waals surface area (Å²) in [5.41, 5.74) is 2.11. The average molecular weight is 247 g/mol. The Morgan fingerprint density at radius 2 is 1.94 bits per heavy atom. The lowest BCUT2D eigenvalue weighted by atomic mass is 10.3. The molecule has 0 amide bonds. The maximum atomic E-state index is 4.20. The predicted molar refractivity (Wildman–Crippen MR) is 74.8 cm³/mol. The molecule has 2 aromatic rings. The molecule has 2 heterocycles. The van der Waals surface area contributed by atoms with E-state index in [1.54, 1.807) is 0 Å². The summed E-state index contributed by atoms with van der Waals surface area (Å²) in [4.78, 5) is 6.89. The van der Waals surface area contributed by atoms with Crippen molar-refractivity contribution in [2.24, 2.45) is 0 Å². The van der Waals surface area contributed by atoms with Crippen LogP contribution in [0.25, 0.3) is 0 Å². The van der Waals surface area contributed by atoms with Gasteiger partial charge in [-0.3, -0.25) is 4.98 Å². The highest BCUT2D eigenvalue weighted by atomic mass is 32.1. The minimum absolute atomic E-state index is 0.857. The van der Waals surface area contributed by atoms with E-state index in [1.807, 2.05) is 23.7 Å². The van der Waals surface area contributed by atoms with Crippen LogP contribution in [0, 0.1) is 6.92 Å². The van der Waals surface area contributed by atoms with Crippen LogP contribution < -0.4 is 10.6 Å². The van der Waals surface area contributed by atoms with E-state index in [-0.39, 0.29) is 0 Å². The highest BCUT2D eigenvalue weighted by molar-refractivity contribution is 7.11. The van der Waals surface area contributed by atoms with Crippen LogP contribution >= 0.6 is 11.3 Å². The Morgan fingerprint density at radius 1 is 1.18 bits per heavy atom. The molecule has 0 spiro atoms. The molecule has 0 aliphatic carbocycles. The van der Waals surface area contributed by atoms with Gasteiger partial charge in [0.1, 0.15) is 0 Å². The summed E-state index contributed by atoms with van der Waals surface area (Å²) in [6.45, 7) is 5.97. The number of aromatic nitrogens is 1. The Labute approximate surface area is 106 Å². The number of nitrogens with zero attached hydrogens (tertiary/aromatic N) is 1. The Hall–Kier alpha value is -1.55. The first-order chi connectivity index (χ1) is 8.28. The fraction of sp³-hybridized carbons (Fsp3) is 0.308. The second-order valence-corrected chi connectivity index (χ2v) is 5.23. The summed E-state index contributed by atoms with van der Waals surface area (Å²) in [6.07, 6.45) is 3.69. The van der Waals surface area contributed by atoms with Gasteiger partial charge in [0.05, 0.1) is 23.8 Å². The molecule has 4 heteroatoms. The monoisotopic (exact) mass is 247 g/mol. The van der Waals surface area contributed by atoms with Crippen molar-refractivity contribution in [3.8, 4) is 0 Å². The van der Waals surface area contributed by atoms with Crippen LogP contribution in [-0.4, -0.2) is 11.5 Å². The van der Waals surface area contributed by atoms with Crippen LogP contribution in [0.3, 0.4) is 0 Å². The summed E-state index contributed by atoms with van der Waals surface area (Å²) in [7, 11) is 0. The zero-order valence-corrected chi connectivity index (χ0v) is 11.0. The minimum Gasteiger partial charge on any atom is -0.384 e. The van der Waals surface area contributed by atoms with Crippen molar-refractivity contribution in [2.75, 3.05) is 17.2 Å². The van der Waals surface area contributed by atoms with E-state index in [9.17, 15) is 0 Å². The third-order valence-electron chi connectivity index (χ3n) is 2.38. The Bertz CT molecular complexity index is 479. The van der Waals surface area contributed by atoms with E-state index in [1.165, 1.54) is 9.75 Å². The van der Waals surface area contributed by atoms with Gasteiger partial charge in [0.15, 0.2) is 0 Å². The highest BCUT2D eigenvalue weighted by Crippen LogP contribution is 2.18. The van der Waals surface area contributed by atoms with E-state index in [4.69, 9.17) is 0 Å². The predicted octanol–water partition coefficient (Wildman–Crippen LogP) is 3.50. The molecule has 90 valence electrons. The maximum absolute atomic E-state index is 4.20.